The molecule has 0 atom stereocenters. The minimum atomic E-state index is -0.384. The Balaban J connectivity index is 1.88. The maximum atomic E-state index is 11.8. The van der Waals surface area contributed by atoms with Gasteiger partial charge in [-0.1, -0.05) is 18.2 Å². The highest BCUT2D eigenvalue weighted by atomic mass is 16.5. The highest BCUT2D eigenvalue weighted by Gasteiger charge is 2.16. The van der Waals surface area contributed by atoms with Crippen molar-refractivity contribution in [3.8, 4) is 11.4 Å². The molecule has 2 heterocycles. The summed E-state index contributed by atoms with van der Waals surface area (Å²) in [5, 5.41) is 3.31. The fraction of sp³-hybridized carbons (Fsp3) is 0.312. The molecule has 0 spiro atoms. The number of ether oxygens (including phenoxy) is 1. The highest BCUT2D eigenvalue weighted by Crippen LogP contribution is 2.22. The van der Waals surface area contributed by atoms with Crippen LogP contribution in [0.4, 0.5) is 5.69 Å². The molecule has 1 aromatic heterocycles. The Hall–Kier alpha value is -2.47. The Kier molecular flexibility index (Phi) is 4.29. The molecular formula is C16H18N4O2. The lowest BCUT2D eigenvalue weighted by molar-refractivity contribution is 0.0601. The molecule has 0 unspecified atom stereocenters. The zero-order valence-corrected chi connectivity index (χ0v) is 12.5. The first-order valence-corrected chi connectivity index (χ1v) is 7.25. The molecule has 1 N–H and O–H groups in total. The molecule has 0 bridgehead atoms. The summed E-state index contributed by atoms with van der Waals surface area (Å²) in [5.74, 6) is 0.144. The van der Waals surface area contributed by atoms with Crippen LogP contribution in [0.2, 0.25) is 0 Å². The number of anilines is 1. The Morgan fingerprint density at radius 1 is 1.18 bits per heavy atom. The van der Waals surface area contributed by atoms with Crippen LogP contribution in [0, 0.1) is 0 Å². The number of carbonyl (C=O) groups excluding carboxylic acids is 1. The zero-order valence-electron chi connectivity index (χ0n) is 12.5. The summed E-state index contributed by atoms with van der Waals surface area (Å²) in [6, 6.07) is 7.20. The quantitative estimate of drug-likeness (QED) is 0.863. The van der Waals surface area contributed by atoms with Crippen LogP contribution in [-0.2, 0) is 4.74 Å². The van der Waals surface area contributed by atoms with Gasteiger partial charge in [-0.25, -0.2) is 14.8 Å². The van der Waals surface area contributed by atoms with Gasteiger partial charge in [0.1, 0.15) is 0 Å². The Morgan fingerprint density at radius 3 is 2.55 bits per heavy atom. The molecule has 1 saturated heterocycles. The van der Waals surface area contributed by atoms with Crippen molar-refractivity contribution in [3.63, 3.8) is 0 Å². The summed E-state index contributed by atoms with van der Waals surface area (Å²) in [4.78, 5) is 22.9. The predicted octanol–water partition coefficient (Wildman–Crippen LogP) is 1.34. The SMILES string of the molecule is COC(=O)c1ccccc1-c1ncc(N2CCNCC2)cn1. The molecule has 3 rings (SSSR count). The van der Waals surface area contributed by atoms with E-state index < -0.39 is 0 Å². The smallest absolute Gasteiger partial charge is 0.338 e. The number of nitrogens with zero attached hydrogens (tertiary/aromatic N) is 3. The number of hydrogen-bond acceptors (Lipinski definition) is 6. The van der Waals surface area contributed by atoms with E-state index in [9.17, 15) is 4.79 Å². The van der Waals surface area contributed by atoms with Gasteiger partial charge >= 0.3 is 5.97 Å². The van der Waals surface area contributed by atoms with Crippen molar-refractivity contribution in [1.82, 2.24) is 15.3 Å². The van der Waals surface area contributed by atoms with Crippen molar-refractivity contribution in [2.45, 2.75) is 0 Å². The van der Waals surface area contributed by atoms with E-state index in [-0.39, 0.29) is 5.97 Å². The lowest BCUT2D eigenvalue weighted by Gasteiger charge is -2.28. The molecule has 1 aliphatic rings. The molecule has 114 valence electrons. The molecule has 2 aromatic rings. The predicted molar refractivity (Wildman–Crippen MR) is 83.9 cm³/mol. The molecule has 0 amide bonds. The number of esters is 1. The molecule has 22 heavy (non-hydrogen) atoms. The summed E-state index contributed by atoms with van der Waals surface area (Å²) in [7, 11) is 1.37. The molecule has 1 aromatic carbocycles. The third kappa shape index (κ3) is 2.92. The number of aromatic nitrogens is 2. The van der Waals surface area contributed by atoms with Gasteiger partial charge < -0.3 is 15.0 Å². The molecule has 6 heteroatoms. The molecule has 1 fully saturated rings. The summed E-state index contributed by atoms with van der Waals surface area (Å²) in [6.07, 6.45) is 3.61. The third-order valence-corrected chi connectivity index (χ3v) is 3.69. The number of nitrogens with one attached hydrogen (secondary N) is 1. The second kappa shape index (κ2) is 6.53. The molecule has 0 aliphatic carbocycles. The van der Waals surface area contributed by atoms with Crippen LogP contribution in [0.5, 0.6) is 0 Å². The molecule has 0 saturated carbocycles. The van der Waals surface area contributed by atoms with Crippen LogP contribution < -0.4 is 10.2 Å². The van der Waals surface area contributed by atoms with E-state index in [2.05, 4.69) is 20.2 Å². The van der Waals surface area contributed by atoms with Crippen LogP contribution in [0.1, 0.15) is 10.4 Å². The van der Waals surface area contributed by atoms with Crippen LogP contribution in [0.15, 0.2) is 36.7 Å². The molecule has 1 aliphatic heterocycles. The number of carbonyl (C=O) groups is 1. The molecule has 6 nitrogen and oxygen atoms in total. The maximum Gasteiger partial charge on any atom is 0.338 e. The second-order valence-electron chi connectivity index (χ2n) is 5.04. The normalized spacial score (nSPS) is 14.7. The van der Waals surface area contributed by atoms with Gasteiger partial charge in [0.25, 0.3) is 0 Å². The first-order valence-electron chi connectivity index (χ1n) is 7.25. The van der Waals surface area contributed by atoms with E-state index in [0.717, 1.165) is 31.9 Å². The van der Waals surface area contributed by atoms with E-state index in [0.29, 0.717) is 17.0 Å². The summed E-state index contributed by atoms with van der Waals surface area (Å²) in [6.45, 7) is 3.82. The van der Waals surface area contributed by atoms with Crippen molar-refractivity contribution >= 4 is 11.7 Å². The highest BCUT2D eigenvalue weighted by molar-refractivity contribution is 5.96. The number of rotatable bonds is 3. The first-order chi connectivity index (χ1) is 10.8. The number of benzene rings is 1. The van der Waals surface area contributed by atoms with Gasteiger partial charge in [0.15, 0.2) is 5.82 Å². The lowest BCUT2D eigenvalue weighted by Crippen LogP contribution is -2.43. The topological polar surface area (TPSA) is 67.3 Å². The van der Waals surface area contributed by atoms with Gasteiger partial charge in [-0.2, -0.15) is 0 Å². The van der Waals surface area contributed by atoms with Gasteiger partial charge in [-0.05, 0) is 6.07 Å². The molecular weight excluding hydrogens is 280 g/mol. The van der Waals surface area contributed by atoms with Crippen LogP contribution in [0.3, 0.4) is 0 Å². The summed E-state index contributed by atoms with van der Waals surface area (Å²) >= 11 is 0. The average molecular weight is 298 g/mol. The van der Waals surface area contributed by atoms with E-state index in [1.165, 1.54) is 7.11 Å². The van der Waals surface area contributed by atoms with Gasteiger partial charge in [0.05, 0.1) is 30.8 Å². The van der Waals surface area contributed by atoms with Crippen LogP contribution in [-0.4, -0.2) is 49.2 Å². The van der Waals surface area contributed by atoms with Crippen molar-refractivity contribution in [2.24, 2.45) is 0 Å². The van der Waals surface area contributed by atoms with E-state index >= 15 is 0 Å². The van der Waals surface area contributed by atoms with Gasteiger partial charge in [-0.3, -0.25) is 0 Å². The largest absolute Gasteiger partial charge is 0.465 e. The second-order valence-corrected chi connectivity index (χ2v) is 5.04. The van der Waals surface area contributed by atoms with E-state index in [1.807, 2.05) is 24.5 Å². The van der Waals surface area contributed by atoms with Gasteiger partial charge in [0.2, 0.25) is 0 Å². The third-order valence-electron chi connectivity index (χ3n) is 3.69. The Labute approximate surface area is 129 Å². The van der Waals surface area contributed by atoms with E-state index in [4.69, 9.17) is 4.74 Å². The van der Waals surface area contributed by atoms with Crippen molar-refractivity contribution in [3.05, 3.63) is 42.2 Å². The Morgan fingerprint density at radius 2 is 1.86 bits per heavy atom. The standard InChI is InChI=1S/C16H18N4O2/c1-22-16(21)14-5-3-2-4-13(14)15-18-10-12(11-19-15)20-8-6-17-7-9-20/h2-5,10-11,17H,6-9H2,1H3. The molecule has 0 radical (unpaired) electrons. The number of hydrogen-bond donors (Lipinski definition) is 1. The zero-order chi connectivity index (χ0) is 15.4. The van der Waals surface area contributed by atoms with E-state index in [1.54, 1.807) is 12.1 Å². The monoisotopic (exact) mass is 298 g/mol. The van der Waals surface area contributed by atoms with Gasteiger partial charge in [0, 0.05) is 31.7 Å². The van der Waals surface area contributed by atoms with Crippen molar-refractivity contribution in [2.75, 3.05) is 38.2 Å². The first kappa shape index (κ1) is 14.5. The van der Waals surface area contributed by atoms with Crippen LogP contribution in [0.25, 0.3) is 11.4 Å². The average Bonchev–Trinajstić information content (AvgIpc) is 2.62. The van der Waals surface area contributed by atoms with Crippen LogP contribution >= 0.6 is 0 Å². The van der Waals surface area contributed by atoms with Crippen molar-refractivity contribution in [1.29, 1.82) is 0 Å². The summed E-state index contributed by atoms with van der Waals surface area (Å²) < 4.78 is 4.81. The number of piperazine rings is 1. The Bertz CT molecular complexity index is 651. The number of methoxy groups -OCH3 is 1. The fourth-order valence-corrected chi connectivity index (χ4v) is 2.51. The van der Waals surface area contributed by atoms with Gasteiger partial charge in [-0.15, -0.1) is 0 Å². The fourth-order valence-electron chi connectivity index (χ4n) is 2.51. The minimum absolute atomic E-state index is 0.384. The lowest BCUT2D eigenvalue weighted by atomic mass is 10.1. The minimum Gasteiger partial charge on any atom is -0.465 e. The van der Waals surface area contributed by atoms with Crippen molar-refractivity contribution < 1.29 is 9.53 Å². The maximum absolute atomic E-state index is 11.8. The summed E-state index contributed by atoms with van der Waals surface area (Å²) in [5.41, 5.74) is 2.15.